The standard InChI is InChI=1S/C18H21ClN6O3S/c1-2-29(27,28)24-8-6-13(7-9-24)16-20-17-15(18(26)21-16)22-23-25(17)11-12-4-3-5-14(19)10-12/h3-5,10,13H,2,6-9,11H2,1H3,(H,20,21,26). The van der Waals surface area contributed by atoms with E-state index in [1.165, 1.54) is 4.31 Å². The lowest BCUT2D eigenvalue weighted by molar-refractivity contribution is 0.314. The Morgan fingerprint density at radius 2 is 2.03 bits per heavy atom. The lowest BCUT2D eigenvalue weighted by atomic mass is 9.97. The minimum Gasteiger partial charge on any atom is -0.308 e. The van der Waals surface area contributed by atoms with Crippen molar-refractivity contribution in [1.82, 2.24) is 29.3 Å². The van der Waals surface area contributed by atoms with Crippen LogP contribution in [-0.2, 0) is 16.6 Å². The Bertz CT molecular complexity index is 1200. The number of nitrogens with one attached hydrogen (secondary N) is 1. The molecule has 2 aromatic heterocycles. The van der Waals surface area contributed by atoms with Crippen molar-refractivity contribution in [2.45, 2.75) is 32.2 Å². The molecule has 154 valence electrons. The average Bonchev–Trinajstić information content (AvgIpc) is 3.11. The summed E-state index contributed by atoms with van der Waals surface area (Å²) in [5, 5.41) is 8.66. The fraction of sp³-hybridized carbons (Fsp3) is 0.444. The molecule has 9 nitrogen and oxygen atoms in total. The second-order valence-corrected chi connectivity index (χ2v) is 9.77. The van der Waals surface area contributed by atoms with Crippen LogP contribution < -0.4 is 5.56 Å². The number of halogens is 1. The zero-order valence-corrected chi connectivity index (χ0v) is 17.4. The van der Waals surface area contributed by atoms with E-state index in [1.54, 1.807) is 17.7 Å². The minimum atomic E-state index is -3.20. The van der Waals surface area contributed by atoms with Gasteiger partial charge in [0.2, 0.25) is 10.0 Å². The summed E-state index contributed by atoms with van der Waals surface area (Å²) in [5.41, 5.74) is 1.17. The van der Waals surface area contributed by atoms with Crippen LogP contribution in [0.15, 0.2) is 29.1 Å². The predicted molar refractivity (Wildman–Crippen MR) is 110 cm³/mol. The monoisotopic (exact) mass is 436 g/mol. The Labute approximate surface area is 172 Å². The van der Waals surface area contributed by atoms with E-state index in [2.05, 4.69) is 20.3 Å². The number of fused-ring (bicyclic) bond motifs is 1. The van der Waals surface area contributed by atoms with Gasteiger partial charge in [0, 0.05) is 24.0 Å². The van der Waals surface area contributed by atoms with E-state index >= 15 is 0 Å². The highest BCUT2D eigenvalue weighted by Gasteiger charge is 2.29. The number of aromatic amines is 1. The molecule has 1 fully saturated rings. The van der Waals surface area contributed by atoms with Gasteiger partial charge in [-0.25, -0.2) is 22.4 Å². The lowest BCUT2D eigenvalue weighted by Gasteiger charge is -2.30. The van der Waals surface area contributed by atoms with E-state index in [4.69, 9.17) is 11.6 Å². The quantitative estimate of drug-likeness (QED) is 0.651. The first kappa shape index (κ1) is 20.0. The van der Waals surface area contributed by atoms with Gasteiger partial charge in [0.1, 0.15) is 5.82 Å². The number of piperidine rings is 1. The lowest BCUT2D eigenvalue weighted by Crippen LogP contribution is -2.39. The molecule has 3 aromatic rings. The van der Waals surface area contributed by atoms with E-state index in [0.717, 1.165) is 5.56 Å². The van der Waals surface area contributed by atoms with E-state index in [0.29, 0.717) is 49.0 Å². The van der Waals surface area contributed by atoms with Crippen LogP contribution >= 0.6 is 11.6 Å². The molecule has 11 heteroatoms. The topological polar surface area (TPSA) is 114 Å². The summed E-state index contributed by atoms with van der Waals surface area (Å²) in [6.45, 7) is 2.87. The summed E-state index contributed by atoms with van der Waals surface area (Å²) in [6.07, 6.45) is 1.20. The summed E-state index contributed by atoms with van der Waals surface area (Å²) in [5.74, 6) is 0.614. The van der Waals surface area contributed by atoms with Gasteiger partial charge in [0.15, 0.2) is 11.2 Å². The maximum atomic E-state index is 12.5. The SMILES string of the molecule is CCS(=O)(=O)N1CCC(c2nc3c(nnn3Cc3cccc(Cl)c3)c(=O)[nH]2)CC1. The number of aromatic nitrogens is 5. The van der Waals surface area contributed by atoms with Crippen molar-refractivity contribution in [3.63, 3.8) is 0 Å². The maximum Gasteiger partial charge on any atom is 0.281 e. The molecule has 4 rings (SSSR count). The van der Waals surface area contributed by atoms with Crippen molar-refractivity contribution >= 4 is 32.8 Å². The summed E-state index contributed by atoms with van der Waals surface area (Å²) < 4.78 is 27.2. The Morgan fingerprint density at radius 1 is 1.28 bits per heavy atom. The molecule has 1 aliphatic rings. The van der Waals surface area contributed by atoms with Crippen LogP contribution in [0.5, 0.6) is 0 Å². The third-order valence-electron chi connectivity index (χ3n) is 5.21. The molecule has 0 aliphatic carbocycles. The third kappa shape index (κ3) is 4.05. The molecule has 0 bridgehead atoms. The van der Waals surface area contributed by atoms with Crippen molar-refractivity contribution in [2.75, 3.05) is 18.8 Å². The number of benzene rings is 1. The Morgan fingerprint density at radius 3 is 2.72 bits per heavy atom. The Balaban J connectivity index is 1.61. The number of sulfonamides is 1. The Kier molecular flexibility index (Phi) is 5.41. The highest BCUT2D eigenvalue weighted by atomic mass is 35.5. The van der Waals surface area contributed by atoms with Crippen molar-refractivity contribution in [1.29, 1.82) is 0 Å². The van der Waals surface area contributed by atoms with Gasteiger partial charge in [-0.15, -0.1) is 5.10 Å². The van der Waals surface area contributed by atoms with Crippen molar-refractivity contribution < 1.29 is 8.42 Å². The maximum absolute atomic E-state index is 12.5. The molecule has 0 atom stereocenters. The average molecular weight is 437 g/mol. The molecular weight excluding hydrogens is 416 g/mol. The molecule has 1 N–H and O–H groups in total. The third-order valence-corrected chi connectivity index (χ3v) is 7.33. The van der Waals surface area contributed by atoms with Crippen molar-refractivity contribution in [3.05, 3.63) is 51.0 Å². The second kappa shape index (κ2) is 7.85. The molecule has 1 saturated heterocycles. The Hall–Kier alpha value is -2.30. The molecule has 0 radical (unpaired) electrons. The molecule has 29 heavy (non-hydrogen) atoms. The van der Waals surface area contributed by atoms with Crippen LogP contribution in [0.25, 0.3) is 11.2 Å². The summed E-state index contributed by atoms with van der Waals surface area (Å²) in [4.78, 5) is 19.9. The molecule has 0 spiro atoms. The molecule has 3 heterocycles. The summed E-state index contributed by atoms with van der Waals surface area (Å²) in [7, 11) is -3.20. The molecule has 1 aromatic carbocycles. The number of hydrogen-bond acceptors (Lipinski definition) is 6. The summed E-state index contributed by atoms with van der Waals surface area (Å²) >= 11 is 6.05. The first-order valence-corrected chi connectivity index (χ1v) is 11.4. The van der Waals surface area contributed by atoms with E-state index in [9.17, 15) is 13.2 Å². The van der Waals surface area contributed by atoms with Crippen LogP contribution in [0.4, 0.5) is 0 Å². The number of hydrogen-bond donors (Lipinski definition) is 1. The van der Waals surface area contributed by atoms with E-state index in [-0.39, 0.29) is 22.7 Å². The number of nitrogens with zero attached hydrogens (tertiary/aromatic N) is 5. The van der Waals surface area contributed by atoms with E-state index < -0.39 is 10.0 Å². The predicted octanol–water partition coefficient (Wildman–Crippen LogP) is 1.75. The zero-order chi connectivity index (χ0) is 20.6. The van der Waals surface area contributed by atoms with Gasteiger partial charge in [-0.05, 0) is 37.5 Å². The van der Waals surface area contributed by atoms with Crippen LogP contribution in [0, 0.1) is 0 Å². The largest absolute Gasteiger partial charge is 0.308 e. The smallest absolute Gasteiger partial charge is 0.281 e. The van der Waals surface area contributed by atoms with Gasteiger partial charge in [0.25, 0.3) is 5.56 Å². The number of H-pyrrole nitrogens is 1. The van der Waals surface area contributed by atoms with Crippen LogP contribution in [0.1, 0.15) is 37.1 Å². The normalized spacial score (nSPS) is 16.5. The van der Waals surface area contributed by atoms with Gasteiger partial charge in [-0.3, -0.25) is 4.79 Å². The molecule has 1 aliphatic heterocycles. The first-order valence-electron chi connectivity index (χ1n) is 9.43. The van der Waals surface area contributed by atoms with Gasteiger partial charge in [-0.2, -0.15) is 0 Å². The minimum absolute atomic E-state index is 0.0232. The van der Waals surface area contributed by atoms with Crippen molar-refractivity contribution in [2.24, 2.45) is 0 Å². The molecule has 0 amide bonds. The highest BCUT2D eigenvalue weighted by molar-refractivity contribution is 7.89. The molecular formula is C18H21ClN6O3S. The first-order chi connectivity index (χ1) is 13.9. The van der Waals surface area contributed by atoms with Gasteiger partial charge < -0.3 is 4.98 Å². The molecule has 0 saturated carbocycles. The second-order valence-electron chi connectivity index (χ2n) is 7.07. The van der Waals surface area contributed by atoms with Crippen molar-refractivity contribution in [3.8, 4) is 0 Å². The van der Waals surface area contributed by atoms with Gasteiger partial charge >= 0.3 is 0 Å². The highest BCUT2D eigenvalue weighted by Crippen LogP contribution is 2.27. The number of rotatable bonds is 5. The van der Waals surface area contributed by atoms with Crippen LogP contribution in [0.2, 0.25) is 5.02 Å². The summed E-state index contributed by atoms with van der Waals surface area (Å²) in [6, 6.07) is 7.38. The van der Waals surface area contributed by atoms with E-state index in [1.807, 2.05) is 18.2 Å². The van der Waals surface area contributed by atoms with Crippen LogP contribution in [0.3, 0.4) is 0 Å². The van der Waals surface area contributed by atoms with Gasteiger partial charge in [0.05, 0.1) is 12.3 Å². The van der Waals surface area contributed by atoms with Crippen LogP contribution in [-0.4, -0.2) is 56.5 Å². The van der Waals surface area contributed by atoms with Gasteiger partial charge in [-0.1, -0.05) is 28.9 Å². The zero-order valence-electron chi connectivity index (χ0n) is 15.9. The molecule has 0 unspecified atom stereocenters. The fourth-order valence-corrected chi connectivity index (χ4v) is 4.93. The fourth-order valence-electron chi connectivity index (χ4n) is 3.58.